The van der Waals surface area contributed by atoms with E-state index < -0.39 is 0 Å². The summed E-state index contributed by atoms with van der Waals surface area (Å²) in [6.07, 6.45) is 1.56. The zero-order valence-corrected chi connectivity index (χ0v) is 11.1. The van der Waals surface area contributed by atoms with Crippen LogP contribution in [-0.2, 0) is 0 Å². The summed E-state index contributed by atoms with van der Waals surface area (Å²) in [6.45, 7) is 5.86. The van der Waals surface area contributed by atoms with Gasteiger partial charge in [-0.1, -0.05) is 4.49 Å². The second kappa shape index (κ2) is 4.97. The fourth-order valence-electron chi connectivity index (χ4n) is 1.99. The van der Waals surface area contributed by atoms with E-state index in [1.54, 1.807) is 6.20 Å². The molecule has 0 bridgehead atoms. The van der Waals surface area contributed by atoms with Crippen molar-refractivity contribution in [3.05, 3.63) is 6.20 Å². The van der Waals surface area contributed by atoms with Gasteiger partial charge in [0.25, 0.3) is 0 Å². The molecule has 2 atom stereocenters. The van der Waals surface area contributed by atoms with Crippen LogP contribution in [0.15, 0.2) is 6.20 Å². The Balaban J connectivity index is 2.00. The molecule has 0 spiro atoms. The third-order valence-electron chi connectivity index (χ3n) is 3.43. The lowest BCUT2D eigenvalue weighted by atomic mass is 10.1. The number of piperazine rings is 1. The van der Waals surface area contributed by atoms with Gasteiger partial charge in [-0.25, -0.2) is 4.79 Å². The number of nitrogens with one attached hydrogen (secondary N) is 1. The van der Waals surface area contributed by atoms with Gasteiger partial charge in [-0.3, -0.25) is 10.2 Å². The van der Waals surface area contributed by atoms with Crippen molar-refractivity contribution in [2.24, 2.45) is 0 Å². The van der Waals surface area contributed by atoms with E-state index in [0.717, 1.165) is 13.1 Å². The van der Waals surface area contributed by atoms with E-state index >= 15 is 0 Å². The molecule has 2 heterocycles. The number of carbonyl (C=O) groups excluding carboxylic acids is 1. The van der Waals surface area contributed by atoms with Gasteiger partial charge in [0.15, 0.2) is 0 Å². The van der Waals surface area contributed by atoms with Gasteiger partial charge in [0.1, 0.15) is 5.00 Å². The topological polar surface area (TPSA) is 61.4 Å². The Labute approximate surface area is 105 Å². The number of urea groups is 1. The number of nitrogens with zero attached hydrogens (tertiary/aromatic N) is 4. The average molecular weight is 255 g/mol. The Bertz CT molecular complexity index is 382. The van der Waals surface area contributed by atoms with Crippen molar-refractivity contribution in [1.29, 1.82) is 0 Å². The quantitative estimate of drug-likeness (QED) is 0.816. The van der Waals surface area contributed by atoms with Crippen molar-refractivity contribution in [1.82, 2.24) is 19.4 Å². The van der Waals surface area contributed by atoms with Crippen molar-refractivity contribution >= 4 is 22.6 Å². The van der Waals surface area contributed by atoms with E-state index in [1.807, 2.05) is 4.90 Å². The van der Waals surface area contributed by atoms with Crippen LogP contribution in [-0.4, -0.2) is 57.6 Å². The molecule has 94 valence electrons. The van der Waals surface area contributed by atoms with E-state index in [2.05, 4.69) is 40.7 Å². The molecular formula is C10H17N5OS. The van der Waals surface area contributed by atoms with Gasteiger partial charge in [-0.05, 0) is 20.9 Å². The summed E-state index contributed by atoms with van der Waals surface area (Å²) in [6, 6.07) is 0.507. The minimum atomic E-state index is -0.0662. The lowest BCUT2D eigenvalue weighted by molar-refractivity contribution is 0.0796. The second-order valence-electron chi connectivity index (χ2n) is 4.37. The number of likely N-dealkylation sites (N-methyl/N-ethyl adjacent to an activating group) is 1. The summed E-state index contributed by atoms with van der Waals surface area (Å²) in [7, 11) is 2.09. The van der Waals surface area contributed by atoms with Crippen LogP contribution >= 0.6 is 11.5 Å². The highest BCUT2D eigenvalue weighted by Crippen LogP contribution is 2.17. The van der Waals surface area contributed by atoms with Crippen molar-refractivity contribution in [3.8, 4) is 0 Å². The highest BCUT2D eigenvalue weighted by molar-refractivity contribution is 7.10. The normalized spacial score (nSPS) is 25.9. The third-order valence-corrected chi connectivity index (χ3v) is 4.01. The summed E-state index contributed by atoms with van der Waals surface area (Å²) in [5, 5.41) is 7.20. The number of hydrogen-bond donors (Lipinski definition) is 1. The summed E-state index contributed by atoms with van der Waals surface area (Å²) in [5.41, 5.74) is 0. The maximum Gasteiger partial charge on any atom is 0.322 e. The number of amides is 2. The van der Waals surface area contributed by atoms with E-state index in [4.69, 9.17) is 0 Å². The van der Waals surface area contributed by atoms with Crippen LogP contribution in [0.2, 0.25) is 0 Å². The molecule has 2 rings (SSSR count). The maximum atomic E-state index is 12.1. The largest absolute Gasteiger partial charge is 0.322 e. The van der Waals surface area contributed by atoms with Crippen LogP contribution in [0.3, 0.4) is 0 Å². The zero-order valence-electron chi connectivity index (χ0n) is 10.3. The van der Waals surface area contributed by atoms with Crippen molar-refractivity contribution in [2.75, 3.05) is 25.5 Å². The third kappa shape index (κ3) is 2.55. The van der Waals surface area contributed by atoms with Gasteiger partial charge in [-0.2, -0.15) is 0 Å². The first kappa shape index (κ1) is 12.3. The van der Waals surface area contributed by atoms with E-state index in [1.165, 1.54) is 11.5 Å². The SMILES string of the molecule is CC1C(C)N(C(=O)Nc2cnns2)CCN1C. The molecule has 0 aromatic carbocycles. The van der Waals surface area contributed by atoms with Gasteiger partial charge >= 0.3 is 6.03 Å². The second-order valence-corrected chi connectivity index (χ2v) is 5.15. The Morgan fingerprint density at radius 2 is 2.24 bits per heavy atom. The molecule has 0 radical (unpaired) electrons. The summed E-state index contributed by atoms with van der Waals surface area (Å²) < 4.78 is 3.72. The number of aromatic nitrogens is 2. The Hall–Kier alpha value is -1.21. The van der Waals surface area contributed by atoms with Crippen LogP contribution < -0.4 is 5.32 Å². The fraction of sp³-hybridized carbons (Fsp3) is 0.700. The molecule has 1 N–H and O–H groups in total. The molecular weight excluding hydrogens is 238 g/mol. The first-order chi connectivity index (χ1) is 8.09. The Morgan fingerprint density at radius 3 is 2.88 bits per heavy atom. The molecule has 1 fully saturated rings. The molecule has 0 aliphatic carbocycles. The average Bonchev–Trinajstić information content (AvgIpc) is 2.78. The molecule has 1 aliphatic rings. The number of hydrogen-bond acceptors (Lipinski definition) is 5. The molecule has 7 heteroatoms. The summed E-state index contributed by atoms with van der Waals surface area (Å²) >= 11 is 1.19. The predicted molar refractivity (Wildman–Crippen MR) is 67.2 cm³/mol. The lowest BCUT2D eigenvalue weighted by Gasteiger charge is -2.43. The van der Waals surface area contributed by atoms with Crippen LogP contribution in [0.1, 0.15) is 13.8 Å². The first-order valence-corrected chi connectivity index (χ1v) is 6.42. The predicted octanol–water partition coefficient (Wildman–Crippen LogP) is 1.09. The molecule has 1 aromatic rings. The smallest absolute Gasteiger partial charge is 0.319 e. The maximum absolute atomic E-state index is 12.1. The van der Waals surface area contributed by atoms with Gasteiger partial charge in [0.05, 0.1) is 6.20 Å². The van der Waals surface area contributed by atoms with Crippen molar-refractivity contribution in [2.45, 2.75) is 25.9 Å². The number of carbonyl (C=O) groups is 1. The molecule has 2 unspecified atom stereocenters. The molecule has 1 aromatic heterocycles. The minimum Gasteiger partial charge on any atom is -0.319 e. The zero-order chi connectivity index (χ0) is 12.4. The molecule has 2 amide bonds. The lowest BCUT2D eigenvalue weighted by Crippen LogP contribution is -2.58. The standard InChI is InChI=1S/C10H17N5OS/c1-7-8(2)15(5-4-14(7)3)10(16)12-9-6-11-13-17-9/h6-8H,4-5H2,1-3H3,(H,12,16). The van der Waals surface area contributed by atoms with Crippen molar-refractivity contribution < 1.29 is 4.79 Å². The van der Waals surface area contributed by atoms with Gasteiger partial charge in [0, 0.05) is 36.7 Å². The van der Waals surface area contributed by atoms with E-state index in [-0.39, 0.29) is 12.1 Å². The molecule has 0 saturated carbocycles. The monoisotopic (exact) mass is 255 g/mol. The summed E-state index contributed by atoms with van der Waals surface area (Å²) in [4.78, 5) is 16.2. The van der Waals surface area contributed by atoms with Crippen LogP contribution in [0.5, 0.6) is 0 Å². The molecule has 1 saturated heterocycles. The number of rotatable bonds is 1. The molecule has 1 aliphatic heterocycles. The number of anilines is 1. The first-order valence-electron chi connectivity index (χ1n) is 5.65. The molecule has 17 heavy (non-hydrogen) atoms. The van der Waals surface area contributed by atoms with Crippen LogP contribution in [0, 0.1) is 0 Å². The van der Waals surface area contributed by atoms with Gasteiger partial charge in [0.2, 0.25) is 0 Å². The highest BCUT2D eigenvalue weighted by Gasteiger charge is 2.31. The van der Waals surface area contributed by atoms with Crippen LogP contribution in [0.25, 0.3) is 0 Å². The fourth-order valence-corrected chi connectivity index (χ4v) is 2.40. The van der Waals surface area contributed by atoms with E-state index in [9.17, 15) is 4.79 Å². The van der Waals surface area contributed by atoms with Gasteiger partial charge in [-0.15, -0.1) is 5.10 Å². The van der Waals surface area contributed by atoms with Crippen molar-refractivity contribution in [3.63, 3.8) is 0 Å². The van der Waals surface area contributed by atoms with Crippen LogP contribution in [0.4, 0.5) is 9.80 Å². The molecule has 6 nitrogen and oxygen atoms in total. The highest BCUT2D eigenvalue weighted by atomic mass is 32.1. The summed E-state index contributed by atoms with van der Waals surface area (Å²) in [5.74, 6) is 0. The van der Waals surface area contributed by atoms with Gasteiger partial charge < -0.3 is 4.90 Å². The van der Waals surface area contributed by atoms with E-state index in [0.29, 0.717) is 11.0 Å². The minimum absolute atomic E-state index is 0.0662. The Morgan fingerprint density at radius 1 is 1.47 bits per heavy atom. The Kier molecular flexibility index (Phi) is 3.58.